The number of aryl methyl sites for hydroxylation is 1. The van der Waals surface area contributed by atoms with Gasteiger partial charge < -0.3 is 4.74 Å². The van der Waals surface area contributed by atoms with Gasteiger partial charge in [0.1, 0.15) is 10.9 Å². The van der Waals surface area contributed by atoms with Gasteiger partial charge in [0.15, 0.2) is 5.82 Å². The van der Waals surface area contributed by atoms with Gasteiger partial charge in [-0.15, -0.1) is 11.3 Å². The Morgan fingerprint density at radius 3 is 2.86 bits per heavy atom. The second-order valence-corrected chi connectivity index (χ2v) is 6.60. The molecule has 2 heterocycles. The van der Waals surface area contributed by atoms with Crippen molar-refractivity contribution in [3.05, 3.63) is 38.8 Å². The lowest BCUT2D eigenvalue weighted by molar-refractivity contribution is 0.415. The van der Waals surface area contributed by atoms with Crippen molar-refractivity contribution in [3.63, 3.8) is 0 Å². The summed E-state index contributed by atoms with van der Waals surface area (Å²) in [6, 6.07) is 5.83. The SMILES string of the molecule is CCc1ccsc1-c1nc(Cl)c2c(Br)cc(OC)cc2n1. The minimum Gasteiger partial charge on any atom is -0.497 e. The van der Waals surface area contributed by atoms with Gasteiger partial charge in [0.25, 0.3) is 0 Å². The fourth-order valence-electron chi connectivity index (χ4n) is 2.18. The van der Waals surface area contributed by atoms with E-state index in [1.54, 1.807) is 18.4 Å². The molecule has 1 aromatic carbocycles. The lowest BCUT2D eigenvalue weighted by Gasteiger charge is -2.08. The maximum Gasteiger partial charge on any atom is 0.171 e. The zero-order valence-corrected chi connectivity index (χ0v) is 14.6. The van der Waals surface area contributed by atoms with Crippen LogP contribution in [0.15, 0.2) is 28.1 Å². The molecule has 0 N–H and O–H groups in total. The van der Waals surface area contributed by atoms with Crippen LogP contribution in [0, 0.1) is 0 Å². The molecule has 0 aliphatic heterocycles. The predicted molar refractivity (Wildman–Crippen MR) is 91.5 cm³/mol. The molecule has 3 nitrogen and oxygen atoms in total. The average molecular weight is 384 g/mol. The van der Waals surface area contributed by atoms with E-state index in [2.05, 4.69) is 44.3 Å². The van der Waals surface area contributed by atoms with Crippen LogP contribution in [-0.4, -0.2) is 17.1 Å². The molecule has 0 bridgehead atoms. The summed E-state index contributed by atoms with van der Waals surface area (Å²) in [7, 11) is 1.63. The topological polar surface area (TPSA) is 35.0 Å². The monoisotopic (exact) mass is 382 g/mol. The number of fused-ring (bicyclic) bond motifs is 1. The first-order valence-electron chi connectivity index (χ1n) is 6.41. The van der Waals surface area contributed by atoms with E-state index < -0.39 is 0 Å². The second-order valence-electron chi connectivity index (χ2n) is 4.47. The molecule has 0 fully saturated rings. The van der Waals surface area contributed by atoms with Crippen molar-refractivity contribution in [3.8, 4) is 16.5 Å². The number of thiophene rings is 1. The lowest BCUT2D eigenvalue weighted by Crippen LogP contribution is -1.94. The van der Waals surface area contributed by atoms with E-state index in [0.717, 1.165) is 32.4 Å². The van der Waals surface area contributed by atoms with Crippen molar-refractivity contribution in [2.24, 2.45) is 0 Å². The Morgan fingerprint density at radius 2 is 2.14 bits per heavy atom. The molecule has 108 valence electrons. The highest BCUT2D eigenvalue weighted by Crippen LogP contribution is 2.35. The maximum absolute atomic E-state index is 6.36. The fourth-order valence-corrected chi connectivity index (χ4v) is 4.12. The first kappa shape index (κ1) is 14.8. The normalized spacial score (nSPS) is 11.0. The van der Waals surface area contributed by atoms with E-state index >= 15 is 0 Å². The highest BCUT2D eigenvalue weighted by Gasteiger charge is 2.15. The van der Waals surface area contributed by atoms with E-state index in [1.807, 2.05) is 12.1 Å². The van der Waals surface area contributed by atoms with Crippen LogP contribution in [0.4, 0.5) is 0 Å². The van der Waals surface area contributed by atoms with E-state index in [0.29, 0.717) is 11.0 Å². The zero-order valence-electron chi connectivity index (χ0n) is 11.5. The molecule has 0 spiro atoms. The molecule has 0 unspecified atom stereocenters. The van der Waals surface area contributed by atoms with Gasteiger partial charge in [-0.3, -0.25) is 0 Å². The third-order valence-electron chi connectivity index (χ3n) is 3.25. The highest BCUT2D eigenvalue weighted by molar-refractivity contribution is 9.10. The van der Waals surface area contributed by atoms with Crippen LogP contribution < -0.4 is 4.74 Å². The number of rotatable bonds is 3. The van der Waals surface area contributed by atoms with Crippen LogP contribution in [0.2, 0.25) is 5.15 Å². The molecule has 0 saturated heterocycles. The van der Waals surface area contributed by atoms with Crippen LogP contribution in [0.3, 0.4) is 0 Å². The number of ether oxygens (including phenoxy) is 1. The highest BCUT2D eigenvalue weighted by atomic mass is 79.9. The number of hydrogen-bond donors (Lipinski definition) is 0. The first-order chi connectivity index (χ1) is 10.1. The summed E-state index contributed by atoms with van der Waals surface area (Å²) in [4.78, 5) is 10.2. The van der Waals surface area contributed by atoms with Crippen LogP contribution in [0.1, 0.15) is 12.5 Å². The number of benzene rings is 1. The van der Waals surface area contributed by atoms with Crippen LogP contribution in [-0.2, 0) is 6.42 Å². The fraction of sp³-hybridized carbons (Fsp3) is 0.200. The Labute approximate surface area is 140 Å². The molecule has 0 aliphatic rings. The van der Waals surface area contributed by atoms with Gasteiger partial charge in [0.2, 0.25) is 0 Å². The number of halogens is 2. The zero-order chi connectivity index (χ0) is 15.0. The van der Waals surface area contributed by atoms with E-state index in [4.69, 9.17) is 16.3 Å². The molecule has 21 heavy (non-hydrogen) atoms. The van der Waals surface area contributed by atoms with Crippen LogP contribution in [0.5, 0.6) is 5.75 Å². The van der Waals surface area contributed by atoms with Crippen molar-refractivity contribution >= 4 is 49.8 Å². The van der Waals surface area contributed by atoms with Crippen molar-refractivity contribution in [1.82, 2.24) is 9.97 Å². The molecular formula is C15H12BrClN2OS. The summed E-state index contributed by atoms with van der Waals surface area (Å²) >= 11 is 11.5. The van der Waals surface area contributed by atoms with Gasteiger partial charge in [-0.05, 0) is 45.4 Å². The Hall–Kier alpha value is -1.17. The molecule has 0 amide bonds. The molecule has 3 rings (SSSR count). The second kappa shape index (κ2) is 5.91. The Kier molecular flexibility index (Phi) is 4.15. The largest absolute Gasteiger partial charge is 0.497 e. The first-order valence-corrected chi connectivity index (χ1v) is 8.46. The van der Waals surface area contributed by atoms with Gasteiger partial charge in [-0.2, -0.15) is 0 Å². The molecular weight excluding hydrogens is 372 g/mol. The average Bonchev–Trinajstić information content (AvgIpc) is 2.94. The molecule has 6 heteroatoms. The van der Waals surface area contributed by atoms with Crippen LogP contribution in [0.25, 0.3) is 21.6 Å². The van der Waals surface area contributed by atoms with Crippen molar-refractivity contribution in [2.45, 2.75) is 13.3 Å². The van der Waals surface area contributed by atoms with E-state index in [9.17, 15) is 0 Å². The van der Waals surface area contributed by atoms with Gasteiger partial charge in [-0.1, -0.05) is 18.5 Å². The predicted octanol–water partition coefficient (Wildman–Crippen LogP) is 5.35. The maximum atomic E-state index is 6.36. The summed E-state index contributed by atoms with van der Waals surface area (Å²) in [6.07, 6.45) is 0.944. The summed E-state index contributed by atoms with van der Waals surface area (Å²) in [6.45, 7) is 2.12. The summed E-state index contributed by atoms with van der Waals surface area (Å²) in [5.41, 5.74) is 2.00. The smallest absolute Gasteiger partial charge is 0.171 e. The van der Waals surface area contributed by atoms with E-state index in [1.165, 1.54) is 5.56 Å². The van der Waals surface area contributed by atoms with Crippen molar-refractivity contribution in [2.75, 3.05) is 7.11 Å². The minimum absolute atomic E-state index is 0.444. The minimum atomic E-state index is 0.444. The van der Waals surface area contributed by atoms with Gasteiger partial charge in [0, 0.05) is 10.5 Å². The number of methoxy groups -OCH3 is 1. The molecule has 3 aromatic rings. The standard InChI is InChI=1S/C15H12BrClN2OS/c1-3-8-4-5-21-13(8)15-18-11-7-9(20-2)6-10(16)12(11)14(17)19-15/h4-7H,3H2,1-2H3. The number of nitrogens with zero attached hydrogens (tertiary/aromatic N) is 2. The summed E-state index contributed by atoms with van der Waals surface area (Å²) in [5, 5.41) is 3.30. The van der Waals surface area contributed by atoms with Crippen molar-refractivity contribution in [1.29, 1.82) is 0 Å². The number of aromatic nitrogens is 2. The summed E-state index contributed by atoms with van der Waals surface area (Å²) < 4.78 is 6.12. The quantitative estimate of drug-likeness (QED) is 0.572. The molecule has 2 aromatic heterocycles. The van der Waals surface area contributed by atoms with Gasteiger partial charge in [-0.25, -0.2) is 9.97 Å². The third kappa shape index (κ3) is 2.65. The molecule has 0 atom stereocenters. The van der Waals surface area contributed by atoms with Gasteiger partial charge >= 0.3 is 0 Å². The van der Waals surface area contributed by atoms with Crippen LogP contribution >= 0.6 is 38.9 Å². The number of hydrogen-bond acceptors (Lipinski definition) is 4. The molecule has 0 aliphatic carbocycles. The Morgan fingerprint density at radius 1 is 1.33 bits per heavy atom. The third-order valence-corrected chi connectivity index (χ3v) is 5.10. The van der Waals surface area contributed by atoms with Crippen molar-refractivity contribution < 1.29 is 4.74 Å². The van der Waals surface area contributed by atoms with Gasteiger partial charge in [0.05, 0.1) is 22.9 Å². The summed E-state index contributed by atoms with van der Waals surface area (Å²) in [5.74, 6) is 1.40. The molecule has 0 saturated carbocycles. The lowest BCUT2D eigenvalue weighted by atomic mass is 10.2. The molecule has 0 radical (unpaired) electrons. The Balaban J connectivity index is 2.27. The Bertz CT molecular complexity index is 819. The van der Waals surface area contributed by atoms with E-state index in [-0.39, 0.29) is 0 Å².